The molecule has 2 rings (SSSR count). The molecule has 4 nitrogen and oxygen atoms in total. The molecule has 1 saturated heterocycles. The van der Waals surface area contributed by atoms with E-state index in [0.717, 1.165) is 30.0 Å². The summed E-state index contributed by atoms with van der Waals surface area (Å²) >= 11 is 1.16. The maximum atomic E-state index is 14.2. The van der Waals surface area contributed by atoms with E-state index in [0.29, 0.717) is 0 Å². The quantitative estimate of drug-likeness (QED) is 0.886. The van der Waals surface area contributed by atoms with E-state index in [2.05, 4.69) is 0 Å². The summed E-state index contributed by atoms with van der Waals surface area (Å²) in [6.07, 6.45) is -1.18. The minimum Gasteiger partial charge on any atom is -0.465 e. The van der Waals surface area contributed by atoms with E-state index in [1.807, 2.05) is 0 Å². The van der Waals surface area contributed by atoms with Crippen molar-refractivity contribution < 1.29 is 23.5 Å². The third-order valence-corrected chi connectivity index (χ3v) is 5.15. The lowest BCUT2D eigenvalue weighted by molar-refractivity contribution is -0.118. The summed E-state index contributed by atoms with van der Waals surface area (Å²) in [6, 6.07) is 2.39. The topological polar surface area (TPSA) is 57.6 Å². The fourth-order valence-electron chi connectivity index (χ4n) is 2.88. The summed E-state index contributed by atoms with van der Waals surface area (Å²) in [6.45, 7) is 5.14. The molecule has 0 aliphatic carbocycles. The van der Waals surface area contributed by atoms with Gasteiger partial charge in [-0.1, -0.05) is 0 Å². The Kier molecular flexibility index (Phi) is 4.98. The average Bonchev–Trinajstić information content (AvgIpc) is 2.40. The second-order valence-electron chi connectivity index (χ2n) is 6.53. The molecule has 1 amide bonds. The van der Waals surface area contributed by atoms with E-state index in [1.54, 1.807) is 20.8 Å². The number of benzene rings is 1. The van der Waals surface area contributed by atoms with Crippen molar-refractivity contribution in [3.63, 3.8) is 0 Å². The molecule has 126 valence electrons. The minimum absolute atomic E-state index is 0.00279. The molecule has 0 unspecified atom stereocenters. The molecular weight excluding hydrogens is 324 g/mol. The number of nitrogens with zero attached hydrogens (tertiary/aromatic N) is 1. The largest absolute Gasteiger partial charge is 0.465 e. The van der Waals surface area contributed by atoms with Crippen LogP contribution in [-0.2, 0) is 4.79 Å². The van der Waals surface area contributed by atoms with Crippen molar-refractivity contribution in [2.24, 2.45) is 0 Å². The van der Waals surface area contributed by atoms with Crippen LogP contribution < -0.4 is 0 Å². The van der Waals surface area contributed by atoms with Gasteiger partial charge in [-0.25, -0.2) is 13.6 Å². The van der Waals surface area contributed by atoms with Crippen LogP contribution in [0.15, 0.2) is 18.2 Å². The Morgan fingerprint density at radius 2 is 2.00 bits per heavy atom. The Morgan fingerprint density at radius 3 is 2.57 bits per heavy atom. The Labute approximate surface area is 137 Å². The second kappa shape index (κ2) is 6.47. The normalized spacial score (nSPS) is 22.0. The summed E-state index contributed by atoms with van der Waals surface area (Å²) < 4.78 is 27.7. The molecule has 1 fully saturated rings. The number of carbonyl (C=O) groups is 2. The molecule has 1 N–H and O–H groups in total. The predicted molar refractivity (Wildman–Crippen MR) is 84.6 cm³/mol. The molecule has 1 aliphatic rings. The Balaban J connectivity index is 2.49. The van der Waals surface area contributed by atoms with Gasteiger partial charge in [0.2, 0.25) is 0 Å². The fraction of sp³-hybridized carbons (Fsp3) is 0.500. The van der Waals surface area contributed by atoms with Gasteiger partial charge in [-0.05, 0) is 39.0 Å². The molecule has 1 heterocycles. The van der Waals surface area contributed by atoms with Gasteiger partial charge < -0.3 is 5.11 Å². The molecule has 0 saturated carbocycles. The highest BCUT2D eigenvalue weighted by Crippen LogP contribution is 2.43. The predicted octanol–water partition coefficient (Wildman–Crippen LogP) is 3.86. The van der Waals surface area contributed by atoms with Gasteiger partial charge in [0, 0.05) is 17.5 Å². The van der Waals surface area contributed by atoms with Crippen molar-refractivity contribution in [1.82, 2.24) is 4.90 Å². The highest BCUT2D eigenvalue weighted by atomic mass is 32.2. The summed E-state index contributed by atoms with van der Waals surface area (Å²) in [4.78, 5) is 24.7. The van der Waals surface area contributed by atoms with Gasteiger partial charge in [-0.15, -0.1) is 11.8 Å². The van der Waals surface area contributed by atoms with Crippen molar-refractivity contribution in [2.45, 2.75) is 44.0 Å². The fourth-order valence-corrected chi connectivity index (χ4v) is 4.16. The molecule has 1 aliphatic heterocycles. The lowest BCUT2D eigenvalue weighted by Gasteiger charge is -2.44. The maximum absolute atomic E-state index is 14.2. The smallest absolute Gasteiger partial charge is 0.408 e. The van der Waals surface area contributed by atoms with Crippen LogP contribution >= 0.6 is 11.8 Å². The van der Waals surface area contributed by atoms with Crippen LogP contribution in [0, 0.1) is 11.6 Å². The zero-order chi connectivity index (χ0) is 17.4. The van der Waals surface area contributed by atoms with E-state index < -0.39 is 34.6 Å². The number of hydrogen-bond donors (Lipinski definition) is 1. The first-order valence-corrected chi connectivity index (χ1v) is 8.26. The monoisotopic (exact) mass is 343 g/mol. The van der Waals surface area contributed by atoms with Gasteiger partial charge >= 0.3 is 6.09 Å². The third kappa shape index (κ3) is 3.83. The van der Waals surface area contributed by atoms with Crippen molar-refractivity contribution in [3.8, 4) is 0 Å². The zero-order valence-electron chi connectivity index (χ0n) is 13.2. The van der Waals surface area contributed by atoms with Gasteiger partial charge in [-0.3, -0.25) is 9.69 Å². The number of ketones is 1. The van der Waals surface area contributed by atoms with Crippen molar-refractivity contribution in [2.75, 3.05) is 5.75 Å². The van der Waals surface area contributed by atoms with Gasteiger partial charge in [-0.2, -0.15) is 0 Å². The molecule has 23 heavy (non-hydrogen) atoms. The summed E-state index contributed by atoms with van der Waals surface area (Å²) in [7, 11) is 0. The summed E-state index contributed by atoms with van der Waals surface area (Å²) in [5.74, 6) is -1.12. The first-order chi connectivity index (χ1) is 10.6. The van der Waals surface area contributed by atoms with E-state index in [9.17, 15) is 23.5 Å². The molecule has 0 aromatic heterocycles. The Morgan fingerprint density at radius 1 is 1.35 bits per heavy atom. The number of thioether (sulfide) groups is 1. The van der Waals surface area contributed by atoms with Crippen LogP contribution in [0.1, 0.15) is 38.0 Å². The molecule has 0 spiro atoms. The second-order valence-corrected chi connectivity index (χ2v) is 7.66. The molecule has 7 heteroatoms. The summed E-state index contributed by atoms with van der Waals surface area (Å²) in [5, 5.41) is 8.95. The van der Waals surface area contributed by atoms with Crippen molar-refractivity contribution in [1.29, 1.82) is 0 Å². The Bertz CT molecular complexity index is 630. The van der Waals surface area contributed by atoms with Crippen LogP contribution in [0.2, 0.25) is 0 Å². The maximum Gasteiger partial charge on any atom is 0.408 e. The van der Waals surface area contributed by atoms with E-state index >= 15 is 0 Å². The highest BCUT2D eigenvalue weighted by Gasteiger charge is 2.43. The lowest BCUT2D eigenvalue weighted by Crippen LogP contribution is -2.54. The van der Waals surface area contributed by atoms with Crippen LogP contribution in [-0.4, -0.2) is 39.2 Å². The van der Waals surface area contributed by atoms with Crippen molar-refractivity contribution >= 4 is 23.6 Å². The number of carbonyl (C=O) groups excluding carboxylic acids is 1. The molecule has 1 aromatic carbocycles. The molecule has 1 aromatic rings. The first-order valence-electron chi connectivity index (χ1n) is 7.22. The first kappa shape index (κ1) is 17.7. The third-order valence-electron chi connectivity index (χ3n) is 3.74. The van der Waals surface area contributed by atoms with Gasteiger partial charge in [0.1, 0.15) is 17.4 Å². The van der Waals surface area contributed by atoms with Crippen molar-refractivity contribution in [3.05, 3.63) is 35.4 Å². The minimum atomic E-state index is -1.18. The lowest BCUT2D eigenvalue weighted by atomic mass is 9.94. The number of hydrogen-bond acceptors (Lipinski definition) is 3. The zero-order valence-corrected chi connectivity index (χ0v) is 14.0. The number of halogens is 2. The van der Waals surface area contributed by atoms with Crippen LogP contribution in [0.5, 0.6) is 0 Å². The molecule has 0 bridgehead atoms. The number of carboxylic acid groups (broad SMARTS) is 1. The average molecular weight is 343 g/mol. The Hall–Kier alpha value is -1.63. The summed E-state index contributed by atoms with van der Waals surface area (Å²) in [5.41, 5.74) is -0.667. The number of Topliss-reactive ketones (excluding diaryl/α,β-unsaturated/α-hetero) is 1. The van der Waals surface area contributed by atoms with Gasteiger partial charge in [0.25, 0.3) is 0 Å². The van der Waals surface area contributed by atoms with Gasteiger partial charge in [0.15, 0.2) is 0 Å². The highest BCUT2D eigenvalue weighted by molar-refractivity contribution is 8.00. The van der Waals surface area contributed by atoms with Crippen LogP contribution in [0.25, 0.3) is 0 Å². The number of rotatable bonds is 2. The molecule has 0 radical (unpaired) electrons. The van der Waals surface area contributed by atoms with E-state index in [-0.39, 0.29) is 23.5 Å². The standard InChI is InChI=1S/C16H19F2NO3S/c1-16(2,3)19(15(21)22)13-7-10(20)8-23-14(13)11-6-9(17)4-5-12(11)18/h4-6,13-14H,7-8H2,1-3H3,(H,21,22)/t13-,14+/m1/s1. The SMILES string of the molecule is CC(C)(C)N(C(=O)O)[C@@H]1CC(=O)CS[C@H]1c1cc(F)ccc1F. The van der Waals surface area contributed by atoms with Gasteiger partial charge in [0.05, 0.1) is 17.0 Å². The van der Waals surface area contributed by atoms with Crippen LogP contribution in [0.3, 0.4) is 0 Å². The van der Waals surface area contributed by atoms with E-state index in [4.69, 9.17) is 0 Å². The number of amides is 1. The van der Waals surface area contributed by atoms with E-state index in [1.165, 1.54) is 4.90 Å². The molecule has 2 atom stereocenters. The molecular formula is C16H19F2NO3S. The van der Waals surface area contributed by atoms with Crippen LogP contribution in [0.4, 0.5) is 13.6 Å².